The van der Waals surface area contributed by atoms with Crippen molar-refractivity contribution in [1.29, 1.82) is 0 Å². The van der Waals surface area contributed by atoms with Gasteiger partial charge < -0.3 is 10.1 Å². The number of benzene rings is 2. The van der Waals surface area contributed by atoms with Crippen LogP contribution in [-0.4, -0.2) is 40.3 Å². The lowest BCUT2D eigenvalue weighted by molar-refractivity contribution is -0.119. The number of nitrogens with one attached hydrogen (secondary N) is 1. The first-order valence-electron chi connectivity index (χ1n) is 9.23. The Kier molecular flexibility index (Phi) is 9.09. The van der Waals surface area contributed by atoms with Gasteiger partial charge in [0.15, 0.2) is 0 Å². The van der Waals surface area contributed by atoms with Crippen LogP contribution in [0.2, 0.25) is 15.1 Å². The van der Waals surface area contributed by atoms with Gasteiger partial charge in [-0.2, -0.15) is 0 Å². The van der Waals surface area contributed by atoms with Gasteiger partial charge in [-0.05, 0) is 43.5 Å². The van der Waals surface area contributed by atoms with Crippen LogP contribution in [-0.2, 0) is 21.2 Å². The van der Waals surface area contributed by atoms with E-state index in [-0.39, 0.29) is 20.8 Å². The minimum Gasteiger partial charge on any atom is -0.494 e. The van der Waals surface area contributed by atoms with E-state index in [1.165, 1.54) is 12.1 Å². The normalized spacial score (nSPS) is 11.2. The largest absolute Gasteiger partial charge is 0.494 e. The van der Waals surface area contributed by atoms with E-state index in [1.54, 1.807) is 0 Å². The number of rotatable bonds is 10. The molecule has 0 saturated heterocycles. The van der Waals surface area contributed by atoms with Crippen LogP contribution in [0.3, 0.4) is 0 Å². The molecule has 0 radical (unpaired) electrons. The van der Waals surface area contributed by atoms with Crippen LogP contribution < -0.4 is 14.4 Å². The number of amides is 1. The molecule has 0 aliphatic heterocycles. The van der Waals surface area contributed by atoms with Crippen LogP contribution in [0, 0.1) is 0 Å². The number of hydrogen-bond acceptors (Lipinski definition) is 4. The van der Waals surface area contributed by atoms with Crippen LogP contribution in [0.1, 0.15) is 18.9 Å². The number of sulfonamides is 1. The molecule has 30 heavy (non-hydrogen) atoms. The van der Waals surface area contributed by atoms with E-state index in [0.717, 1.165) is 21.9 Å². The van der Waals surface area contributed by atoms with Gasteiger partial charge in [-0.25, -0.2) is 8.42 Å². The van der Waals surface area contributed by atoms with Crippen molar-refractivity contribution in [3.8, 4) is 5.75 Å². The number of ether oxygens (including phenoxy) is 1. The van der Waals surface area contributed by atoms with Crippen LogP contribution in [0.25, 0.3) is 0 Å². The Morgan fingerprint density at radius 3 is 2.43 bits per heavy atom. The zero-order valence-electron chi connectivity index (χ0n) is 16.6. The van der Waals surface area contributed by atoms with Crippen molar-refractivity contribution in [3.63, 3.8) is 0 Å². The molecule has 0 saturated carbocycles. The highest BCUT2D eigenvalue weighted by molar-refractivity contribution is 7.92. The molecule has 2 rings (SSSR count). The third-order valence-electron chi connectivity index (χ3n) is 4.16. The number of hydrogen-bond donors (Lipinski definition) is 1. The Hall–Kier alpha value is -1.67. The van der Waals surface area contributed by atoms with Gasteiger partial charge in [0.2, 0.25) is 15.9 Å². The van der Waals surface area contributed by atoms with Crippen molar-refractivity contribution in [2.75, 3.05) is 30.3 Å². The predicted molar refractivity (Wildman–Crippen MR) is 123 cm³/mol. The third kappa shape index (κ3) is 6.94. The van der Waals surface area contributed by atoms with Crippen LogP contribution in [0.15, 0.2) is 36.4 Å². The van der Waals surface area contributed by atoms with E-state index < -0.39 is 22.5 Å². The lowest BCUT2D eigenvalue weighted by atomic mass is 10.1. The molecule has 0 aromatic heterocycles. The molecule has 1 N–H and O–H groups in total. The zero-order valence-corrected chi connectivity index (χ0v) is 19.7. The highest BCUT2D eigenvalue weighted by Crippen LogP contribution is 2.35. The van der Waals surface area contributed by atoms with Crippen molar-refractivity contribution < 1.29 is 17.9 Å². The molecule has 164 valence electrons. The van der Waals surface area contributed by atoms with Crippen molar-refractivity contribution in [3.05, 3.63) is 57.0 Å². The summed E-state index contributed by atoms with van der Waals surface area (Å²) < 4.78 is 30.9. The standard InChI is InChI=1S/C20H23Cl3N2O4S/c1-3-29-19-9-5-4-7-14(19)8-6-10-24-20(26)13-25(30(2,27)28)18-12-16(22)15(21)11-17(18)23/h4-5,7,9,11-12H,3,6,8,10,13H2,1-2H3,(H,24,26). The summed E-state index contributed by atoms with van der Waals surface area (Å²) in [5.41, 5.74) is 1.14. The summed E-state index contributed by atoms with van der Waals surface area (Å²) in [5, 5.41) is 3.14. The van der Waals surface area contributed by atoms with Gasteiger partial charge in [0.05, 0.1) is 33.6 Å². The van der Waals surface area contributed by atoms with E-state index in [0.29, 0.717) is 26.0 Å². The van der Waals surface area contributed by atoms with Crippen molar-refractivity contribution in [2.24, 2.45) is 0 Å². The number of nitrogens with zero attached hydrogens (tertiary/aromatic N) is 1. The molecule has 2 aromatic carbocycles. The van der Waals surface area contributed by atoms with Crippen molar-refractivity contribution in [2.45, 2.75) is 19.8 Å². The number of carbonyl (C=O) groups excluding carboxylic acids is 1. The van der Waals surface area contributed by atoms with Crippen molar-refractivity contribution >= 4 is 56.4 Å². The maximum absolute atomic E-state index is 12.4. The quantitative estimate of drug-likeness (QED) is 0.389. The molecule has 10 heteroatoms. The van der Waals surface area contributed by atoms with E-state index in [1.807, 2.05) is 31.2 Å². The first-order chi connectivity index (χ1) is 14.1. The van der Waals surface area contributed by atoms with Gasteiger partial charge in [-0.3, -0.25) is 9.10 Å². The number of anilines is 1. The molecule has 0 spiro atoms. The Morgan fingerprint density at radius 2 is 1.77 bits per heavy atom. The molecule has 2 aromatic rings. The second-order valence-corrected chi connectivity index (χ2v) is 9.61. The van der Waals surface area contributed by atoms with Crippen LogP contribution in [0.4, 0.5) is 5.69 Å². The Labute approximate surface area is 192 Å². The predicted octanol–water partition coefficient (Wildman–Crippen LogP) is 4.56. The molecule has 0 fully saturated rings. The van der Waals surface area contributed by atoms with E-state index in [4.69, 9.17) is 39.5 Å². The van der Waals surface area contributed by atoms with Gasteiger partial charge in [0.25, 0.3) is 0 Å². The Bertz CT molecular complexity index is 1000. The summed E-state index contributed by atoms with van der Waals surface area (Å²) in [6.45, 7) is 2.45. The Balaban J connectivity index is 1.99. The summed E-state index contributed by atoms with van der Waals surface area (Å²) in [4.78, 5) is 12.4. The van der Waals surface area contributed by atoms with E-state index >= 15 is 0 Å². The second kappa shape index (κ2) is 11.1. The number of para-hydroxylation sites is 1. The van der Waals surface area contributed by atoms with Gasteiger partial charge in [-0.1, -0.05) is 53.0 Å². The number of carbonyl (C=O) groups is 1. The van der Waals surface area contributed by atoms with E-state index in [2.05, 4.69) is 5.32 Å². The minimum absolute atomic E-state index is 0.0788. The van der Waals surface area contributed by atoms with Gasteiger partial charge in [0, 0.05) is 6.54 Å². The number of halogens is 3. The van der Waals surface area contributed by atoms with E-state index in [9.17, 15) is 13.2 Å². The summed E-state index contributed by atoms with van der Waals surface area (Å²) in [6, 6.07) is 10.4. The third-order valence-corrected chi connectivity index (χ3v) is 6.31. The molecular weight excluding hydrogens is 471 g/mol. The van der Waals surface area contributed by atoms with Crippen molar-refractivity contribution in [1.82, 2.24) is 5.32 Å². The summed E-state index contributed by atoms with van der Waals surface area (Å²) in [5.74, 6) is 0.365. The monoisotopic (exact) mass is 492 g/mol. The topological polar surface area (TPSA) is 75.7 Å². The second-order valence-electron chi connectivity index (χ2n) is 6.48. The van der Waals surface area contributed by atoms with Gasteiger partial charge in [-0.15, -0.1) is 0 Å². The average Bonchev–Trinajstić information content (AvgIpc) is 2.67. The molecule has 6 nitrogen and oxygen atoms in total. The fourth-order valence-corrected chi connectivity index (χ4v) is 4.34. The molecule has 1 amide bonds. The molecule has 0 heterocycles. The summed E-state index contributed by atoms with van der Waals surface area (Å²) in [6.07, 6.45) is 2.37. The minimum atomic E-state index is -3.78. The van der Waals surface area contributed by atoms with Gasteiger partial charge >= 0.3 is 0 Å². The first kappa shape index (κ1) is 24.6. The fraction of sp³-hybridized carbons (Fsp3) is 0.350. The van der Waals surface area contributed by atoms with Gasteiger partial charge in [0.1, 0.15) is 12.3 Å². The SMILES string of the molecule is CCOc1ccccc1CCCNC(=O)CN(c1cc(Cl)c(Cl)cc1Cl)S(C)(=O)=O. The molecule has 0 aliphatic rings. The van der Waals surface area contributed by atoms with Crippen LogP contribution >= 0.6 is 34.8 Å². The molecule has 0 atom stereocenters. The number of aryl methyl sites for hydroxylation is 1. The maximum atomic E-state index is 12.4. The summed E-state index contributed by atoms with van der Waals surface area (Å²) in [7, 11) is -3.78. The first-order valence-corrected chi connectivity index (χ1v) is 12.2. The maximum Gasteiger partial charge on any atom is 0.240 e. The smallest absolute Gasteiger partial charge is 0.240 e. The molecular formula is C20H23Cl3N2O4S. The lowest BCUT2D eigenvalue weighted by Crippen LogP contribution is -2.40. The van der Waals surface area contributed by atoms with Crippen LogP contribution in [0.5, 0.6) is 5.75 Å². The molecule has 0 aliphatic carbocycles. The zero-order chi connectivity index (χ0) is 22.3. The fourth-order valence-electron chi connectivity index (χ4n) is 2.78. The highest BCUT2D eigenvalue weighted by atomic mass is 35.5. The molecule has 0 bridgehead atoms. The summed E-state index contributed by atoms with van der Waals surface area (Å²) >= 11 is 18.0. The lowest BCUT2D eigenvalue weighted by Gasteiger charge is -2.23. The average molecular weight is 494 g/mol. The highest BCUT2D eigenvalue weighted by Gasteiger charge is 2.24. The Morgan fingerprint density at radius 1 is 1.10 bits per heavy atom. The molecule has 0 unspecified atom stereocenters.